The number of hydrogen-bond acceptors (Lipinski definition) is 4. The smallest absolute Gasteiger partial charge is 0.271 e. The maximum atomic E-state index is 12.3. The van der Waals surface area contributed by atoms with E-state index < -0.39 is 10.0 Å². The highest BCUT2D eigenvalue weighted by Gasteiger charge is 2.16. The number of sulfonamides is 1. The van der Waals surface area contributed by atoms with Crippen LogP contribution >= 0.6 is 11.3 Å². The number of rotatable bonds is 6. The van der Waals surface area contributed by atoms with Crippen molar-refractivity contribution >= 4 is 27.0 Å². The molecule has 1 heterocycles. The summed E-state index contributed by atoms with van der Waals surface area (Å²) in [6, 6.07) is 10.8. The molecule has 2 N–H and O–H groups in total. The molecule has 0 atom stereocenters. The van der Waals surface area contributed by atoms with Crippen molar-refractivity contribution in [2.75, 3.05) is 18.3 Å². The van der Waals surface area contributed by atoms with Gasteiger partial charge in [0.1, 0.15) is 4.21 Å². The van der Waals surface area contributed by atoms with E-state index in [2.05, 4.69) is 10.0 Å². The van der Waals surface area contributed by atoms with Gasteiger partial charge in [-0.25, -0.2) is 8.42 Å². The van der Waals surface area contributed by atoms with Crippen molar-refractivity contribution < 1.29 is 8.42 Å². The van der Waals surface area contributed by atoms with Gasteiger partial charge in [0.05, 0.1) is 0 Å². The number of anilines is 1. The summed E-state index contributed by atoms with van der Waals surface area (Å²) in [6.07, 6.45) is 0.835. The van der Waals surface area contributed by atoms with Crippen molar-refractivity contribution in [1.29, 1.82) is 0 Å². The molecule has 0 aliphatic rings. The van der Waals surface area contributed by atoms with Crippen molar-refractivity contribution in [3.8, 4) is 0 Å². The van der Waals surface area contributed by atoms with Crippen LogP contribution in [0.15, 0.2) is 40.6 Å². The summed E-state index contributed by atoms with van der Waals surface area (Å²) < 4.78 is 27.5. The molecule has 0 spiro atoms. The molecule has 0 radical (unpaired) electrons. The highest BCUT2D eigenvalue weighted by atomic mass is 32.2. The first-order valence-electron chi connectivity index (χ1n) is 6.34. The average Bonchev–Trinajstić information content (AvgIpc) is 2.88. The van der Waals surface area contributed by atoms with E-state index in [1.54, 1.807) is 18.2 Å². The van der Waals surface area contributed by atoms with E-state index in [0.29, 0.717) is 9.90 Å². The van der Waals surface area contributed by atoms with E-state index in [9.17, 15) is 8.42 Å². The first-order chi connectivity index (χ1) is 9.51. The van der Waals surface area contributed by atoms with Gasteiger partial charge < -0.3 is 5.32 Å². The van der Waals surface area contributed by atoms with E-state index in [4.69, 9.17) is 0 Å². The number of thiophene rings is 1. The Bertz CT molecular complexity index is 661. The van der Waals surface area contributed by atoms with E-state index >= 15 is 0 Å². The lowest BCUT2D eigenvalue weighted by atomic mass is 10.2. The molecule has 6 heteroatoms. The highest BCUT2D eigenvalue weighted by Crippen LogP contribution is 2.24. The van der Waals surface area contributed by atoms with Gasteiger partial charge in [-0.3, -0.25) is 4.72 Å². The standard InChI is InChI=1S/C14H18N2O2S2/c1-11-3-5-12(6-4-11)16-20(17,18)14-8-7-13(19-14)9-10-15-2/h3-8,15-16H,9-10H2,1-2H3. The molecule has 0 aliphatic heterocycles. The minimum absolute atomic E-state index is 0.351. The summed E-state index contributed by atoms with van der Waals surface area (Å²) >= 11 is 1.31. The summed E-state index contributed by atoms with van der Waals surface area (Å²) in [5.41, 5.74) is 1.68. The predicted molar refractivity (Wildman–Crippen MR) is 83.9 cm³/mol. The quantitative estimate of drug-likeness (QED) is 0.862. The SMILES string of the molecule is CNCCc1ccc(S(=O)(=O)Nc2ccc(C)cc2)s1. The third kappa shape index (κ3) is 3.82. The zero-order valence-electron chi connectivity index (χ0n) is 11.5. The molecule has 20 heavy (non-hydrogen) atoms. The number of likely N-dealkylation sites (N-methyl/N-ethyl adjacent to an activating group) is 1. The Labute approximate surface area is 123 Å². The van der Waals surface area contributed by atoms with Crippen LogP contribution in [0.4, 0.5) is 5.69 Å². The van der Waals surface area contributed by atoms with Crippen LogP contribution in [0.1, 0.15) is 10.4 Å². The Kier molecular flexibility index (Phi) is 4.80. The van der Waals surface area contributed by atoms with Crippen molar-refractivity contribution in [3.05, 3.63) is 46.8 Å². The van der Waals surface area contributed by atoms with Gasteiger partial charge in [0.15, 0.2) is 0 Å². The lowest BCUT2D eigenvalue weighted by Gasteiger charge is -2.06. The molecule has 1 aromatic heterocycles. The predicted octanol–water partition coefficient (Wildman–Crippen LogP) is 2.62. The number of hydrogen-bond donors (Lipinski definition) is 2. The van der Waals surface area contributed by atoms with Gasteiger partial charge in [-0.05, 0) is 51.2 Å². The van der Waals surface area contributed by atoms with Gasteiger partial charge >= 0.3 is 0 Å². The molecule has 2 aromatic rings. The summed E-state index contributed by atoms with van der Waals surface area (Å²) in [4.78, 5) is 1.06. The van der Waals surface area contributed by atoms with Crippen LogP contribution < -0.4 is 10.0 Å². The number of nitrogens with one attached hydrogen (secondary N) is 2. The fourth-order valence-corrected chi connectivity index (χ4v) is 4.13. The van der Waals surface area contributed by atoms with Crippen molar-refractivity contribution in [1.82, 2.24) is 5.32 Å². The Morgan fingerprint density at radius 1 is 1.10 bits per heavy atom. The van der Waals surface area contributed by atoms with Crippen molar-refractivity contribution in [2.24, 2.45) is 0 Å². The van der Waals surface area contributed by atoms with E-state index in [-0.39, 0.29) is 0 Å². The molecule has 0 saturated heterocycles. The maximum Gasteiger partial charge on any atom is 0.271 e. The second-order valence-electron chi connectivity index (χ2n) is 4.55. The molecule has 0 saturated carbocycles. The van der Waals surface area contributed by atoms with Crippen molar-refractivity contribution in [2.45, 2.75) is 17.6 Å². The van der Waals surface area contributed by atoms with Gasteiger partial charge in [0.2, 0.25) is 0 Å². The zero-order chi connectivity index (χ0) is 14.6. The normalized spacial score (nSPS) is 11.5. The second kappa shape index (κ2) is 6.39. The Balaban J connectivity index is 2.13. The number of aryl methyl sites for hydroxylation is 1. The summed E-state index contributed by atoms with van der Waals surface area (Å²) in [7, 11) is -1.60. The van der Waals surface area contributed by atoms with E-state index in [1.807, 2.05) is 32.2 Å². The molecule has 0 unspecified atom stereocenters. The monoisotopic (exact) mass is 310 g/mol. The van der Waals surface area contributed by atoms with Gasteiger partial charge in [0, 0.05) is 10.6 Å². The largest absolute Gasteiger partial charge is 0.319 e. The van der Waals surface area contributed by atoms with Crippen LogP contribution in [0.25, 0.3) is 0 Å². The third-order valence-corrected chi connectivity index (χ3v) is 5.85. The third-order valence-electron chi connectivity index (χ3n) is 2.83. The van der Waals surface area contributed by atoms with Crippen LogP contribution in [0.2, 0.25) is 0 Å². The molecule has 0 aliphatic carbocycles. The van der Waals surface area contributed by atoms with Crippen LogP contribution in [0.5, 0.6) is 0 Å². The van der Waals surface area contributed by atoms with Crippen molar-refractivity contribution in [3.63, 3.8) is 0 Å². The van der Waals surface area contributed by atoms with Gasteiger partial charge in [0.25, 0.3) is 10.0 Å². The first kappa shape index (κ1) is 15.0. The topological polar surface area (TPSA) is 58.2 Å². The van der Waals surface area contributed by atoms with Crippen LogP contribution in [-0.2, 0) is 16.4 Å². The van der Waals surface area contributed by atoms with Crippen LogP contribution in [0.3, 0.4) is 0 Å². The van der Waals surface area contributed by atoms with Gasteiger partial charge in [-0.15, -0.1) is 11.3 Å². The summed E-state index contributed by atoms with van der Waals surface area (Å²) in [5, 5.41) is 3.05. The summed E-state index contributed by atoms with van der Waals surface area (Å²) in [5.74, 6) is 0. The molecular formula is C14H18N2O2S2. The fraction of sp³-hybridized carbons (Fsp3) is 0.286. The molecule has 1 aromatic carbocycles. The average molecular weight is 310 g/mol. The Morgan fingerprint density at radius 2 is 1.80 bits per heavy atom. The highest BCUT2D eigenvalue weighted by molar-refractivity contribution is 7.94. The number of benzene rings is 1. The molecule has 2 rings (SSSR count). The van der Waals surface area contributed by atoms with Gasteiger partial charge in [-0.1, -0.05) is 17.7 Å². The fourth-order valence-electron chi connectivity index (χ4n) is 1.71. The molecule has 0 bridgehead atoms. The lowest BCUT2D eigenvalue weighted by molar-refractivity contribution is 0.603. The molecule has 0 amide bonds. The van der Waals surface area contributed by atoms with Crippen LogP contribution in [0, 0.1) is 6.92 Å². The Hall–Kier alpha value is -1.37. The van der Waals surface area contributed by atoms with E-state index in [1.165, 1.54) is 11.3 Å². The van der Waals surface area contributed by atoms with Crippen LogP contribution in [-0.4, -0.2) is 22.0 Å². The zero-order valence-corrected chi connectivity index (χ0v) is 13.1. The Morgan fingerprint density at radius 3 is 2.45 bits per heavy atom. The second-order valence-corrected chi connectivity index (χ2v) is 7.62. The first-order valence-corrected chi connectivity index (χ1v) is 8.64. The molecule has 108 valence electrons. The molecule has 0 fully saturated rings. The van der Waals surface area contributed by atoms with E-state index in [0.717, 1.165) is 23.4 Å². The summed E-state index contributed by atoms with van der Waals surface area (Å²) in [6.45, 7) is 2.80. The minimum Gasteiger partial charge on any atom is -0.319 e. The molecular weight excluding hydrogens is 292 g/mol. The molecule has 4 nitrogen and oxygen atoms in total. The van der Waals surface area contributed by atoms with Gasteiger partial charge in [-0.2, -0.15) is 0 Å². The minimum atomic E-state index is -3.48. The maximum absolute atomic E-state index is 12.3. The lowest BCUT2D eigenvalue weighted by Crippen LogP contribution is -2.11.